The molecule has 3 aromatic rings. The molecule has 2 aromatic heterocycles. The number of benzene rings is 1. The summed E-state index contributed by atoms with van der Waals surface area (Å²) in [6, 6.07) is 9.28. The lowest BCUT2D eigenvalue weighted by molar-refractivity contribution is 0.848. The molecule has 0 atom stereocenters. The maximum absolute atomic E-state index is 6.12. The van der Waals surface area contributed by atoms with Gasteiger partial charge in [-0.2, -0.15) is 5.10 Å². The molecule has 1 aromatic carbocycles. The predicted molar refractivity (Wildman–Crippen MR) is 96.5 cm³/mol. The molecular weight excluding hydrogens is 351 g/mol. The Morgan fingerprint density at radius 2 is 1.91 bits per heavy atom. The first-order valence-electron chi connectivity index (χ1n) is 6.72. The summed E-state index contributed by atoms with van der Waals surface area (Å²) >= 11 is 13.6. The quantitative estimate of drug-likeness (QED) is 0.639. The fourth-order valence-electron chi connectivity index (χ4n) is 1.99. The van der Waals surface area contributed by atoms with Crippen LogP contribution in [0.1, 0.15) is 5.56 Å². The van der Waals surface area contributed by atoms with E-state index in [1.165, 1.54) is 11.3 Å². The van der Waals surface area contributed by atoms with Crippen LogP contribution in [0, 0.1) is 0 Å². The first-order valence-corrected chi connectivity index (χ1v) is 8.36. The molecule has 3 rings (SSSR count). The standard InChI is InChI=1S/C16H12Cl2N4S/c1-19-16-22(21-9-11-4-6-20-7-5-11)15(10-23-16)12-2-3-13(17)14(18)8-12/h2-10H,1H3. The number of thiazole rings is 1. The molecule has 0 radical (unpaired) electrons. The lowest BCUT2D eigenvalue weighted by Gasteiger charge is -2.05. The highest BCUT2D eigenvalue weighted by atomic mass is 35.5. The third-order valence-electron chi connectivity index (χ3n) is 3.12. The maximum atomic E-state index is 6.12. The fraction of sp³-hybridized carbons (Fsp3) is 0.0625. The largest absolute Gasteiger partial charge is 0.265 e. The van der Waals surface area contributed by atoms with E-state index in [-0.39, 0.29) is 0 Å². The molecule has 0 N–H and O–H groups in total. The van der Waals surface area contributed by atoms with Crippen LogP contribution in [0.5, 0.6) is 0 Å². The van der Waals surface area contributed by atoms with Crippen molar-refractivity contribution in [3.63, 3.8) is 0 Å². The van der Waals surface area contributed by atoms with Crippen molar-refractivity contribution in [2.75, 3.05) is 7.05 Å². The van der Waals surface area contributed by atoms with Gasteiger partial charge in [0.1, 0.15) is 0 Å². The van der Waals surface area contributed by atoms with Crippen LogP contribution in [0.3, 0.4) is 0 Å². The van der Waals surface area contributed by atoms with Gasteiger partial charge in [-0.3, -0.25) is 9.98 Å². The lowest BCUT2D eigenvalue weighted by atomic mass is 10.2. The number of hydrogen-bond acceptors (Lipinski definition) is 4. The minimum absolute atomic E-state index is 0.509. The first kappa shape index (κ1) is 15.9. The zero-order chi connectivity index (χ0) is 16.2. The average molecular weight is 363 g/mol. The van der Waals surface area contributed by atoms with Crippen LogP contribution in [-0.4, -0.2) is 22.9 Å². The molecule has 0 fully saturated rings. The number of aromatic nitrogens is 2. The Morgan fingerprint density at radius 1 is 1.13 bits per heavy atom. The van der Waals surface area contributed by atoms with Gasteiger partial charge in [0.2, 0.25) is 4.80 Å². The van der Waals surface area contributed by atoms with Crippen LogP contribution in [-0.2, 0) is 0 Å². The minimum Gasteiger partial charge on any atom is -0.265 e. The van der Waals surface area contributed by atoms with Crippen molar-refractivity contribution in [2.45, 2.75) is 0 Å². The van der Waals surface area contributed by atoms with Gasteiger partial charge in [0.25, 0.3) is 0 Å². The van der Waals surface area contributed by atoms with Gasteiger partial charge in [0.05, 0.1) is 22.0 Å². The summed E-state index contributed by atoms with van der Waals surface area (Å²) in [7, 11) is 1.74. The molecule has 0 aliphatic rings. The van der Waals surface area contributed by atoms with E-state index in [9.17, 15) is 0 Å². The molecule has 0 aliphatic carbocycles. The molecule has 7 heteroatoms. The molecule has 23 heavy (non-hydrogen) atoms. The Bertz CT molecular complexity index is 913. The van der Waals surface area contributed by atoms with Gasteiger partial charge >= 0.3 is 0 Å². The number of pyridine rings is 1. The highest BCUT2D eigenvalue weighted by Crippen LogP contribution is 2.28. The van der Waals surface area contributed by atoms with Gasteiger partial charge < -0.3 is 0 Å². The summed E-state index contributed by atoms with van der Waals surface area (Å²) in [5.41, 5.74) is 2.79. The van der Waals surface area contributed by atoms with Crippen LogP contribution in [0.25, 0.3) is 11.3 Å². The predicted octanol–water partition coefficient (Wildman–Crippen LogP) is 4.33. The Morgan fingerprint density at radius 3 is 2.61 bits per heavy atom. The molecule has 0 bridgehead atoms. The highest BCUT2D eigenvalue weighted by molar-refractivity contribution is 7.07. The smallest absolute Gasteiger partial charge is 0.205 e. The van der Waals surface area contributed by atoms with Gasteiger partial charge in [-0.1, -0.05) is 29.3 Å². The molecule has 0 saturated heterocycles. The normalized spacial score (nSPS) is 12.2. The molecule has 2 heterocycles. The zero-order valence-corrected chi connectivity index (χ0v) is 14.5. The Labute approximate surface area is 147 Å². The monoisotopic (exact) mass is 362 g/mol. The Hall–Kier alpha value is -1.95. The summed E-state index contributed by atoms with van der Waals surface area (Å²) in [4.78, 5) is 9.05. The van der Waals surface area contributed by atoms with Gasteiger partial charge in [-0.25, -0.2) is 4.68 Å². The summed E-state index contributed by atoms with van der Waals surface area (Å²) < 4.78 is 1.78. The van der Waals surface area contributed by atoms with Crippen LogP contribution in [0.15, 0.2) is 58.2 Å². The Balaban J connectivity index is 2.07. The third kappa shape index (κ3) is 3.52. The second-order valence-corrected chi connectivity index (χ2v) is 6.24. The number of halogens is 2. The molecule has 116 valence electrons. The van der Waals surface area contributed by atoms with Gasteiger partial charge in [-0.05, 0) is 29.8 Å². The molecule has 0 amide bonds. The molecule has 4 nitrogen and oxygen atoms in total. The van der Waals surface area contributed by atoms with Crippen molar-refractivity contribution in [2.24, 2.45) is 10.1 Å². The van der Waals surface area contributed by atoms with Crippen molar-refractivity contribution in [1.82, 2.24) is 9.66 Å². The number of nitrogens with zero attached hydrogens (tertiary/aromatic N) is 4. The van der Waals surface area contributed by atoms with E-state index in [1.807, 2.05) is 29.6 Å². The summed E-state index contributed by atoms with van der Waals surface area (Å²) in [6.07, 6.45) is 5.22. The summed E-state index contributed by atoms with van der Waals surface area (Å²) in [5, 5.41) is 7.57. The van der Waals surface area contributed by atoms with Crippen molar-refractivity contribution in [3.8, 4) is 11.3 Å². The first-order chi connectivity index (χ1) is 11.2. The van der Waals surface area contributed by atoms with E-state index in [0.717, 1.165) is 21.6 Å². The van der Waals surface area contributed by atoms with Crippen molar-refractivity contribution < 1.29 is 0 Å². The van der Waals surface area contributed by atoms with Crippen LogP contribution >= 0.6 is 34.5 Å². The van der Waals surface area contributed by atoms with Crippen LogP contribution in [0.4, 0.5) is 0 Å². The van der Waals surface area contributed by atoms with Gasteiger partial charge in [0, 0.05) is 30.4 Å². The zero-order valence-electron chi connectivity index (χ0n) is 12.1. The van der Waals surface area contributed by atoms with Crippen LogP contribution < -0.4 is 4.80 Å². The second-order valence-electron chi connectivity index (χ2n) is 4.59. The Kier molecular flexibility index (Phi) is 4.91. The molecule has 0 aliphatic heterocycles. The molecular formula is C16H12Cl2N4S. The molecule has 0 saturated carbocycles. The van der Waals surface area contributed by atoms with Gasteiger partial charge in [0.15, 0.2) is 0 Å². The van der Waals surface area contributed by atoms with Gasteiger partial charge in [-0.15, -0.1) is 11.3 Å². The number of hydrogen-bond donors (Lipinski definition) is 0. The average Bonchev–Trinajstić information content (AvgIpc) is 2.99. The lowest BCUT2D eigenvalue weighted by Crippen LogP contribution is -2.11. The molecule has 0 spiro atoms. The van der Waals surface area contributed by atoms with E-state index < -0.39 is 0 Å². The highest BCUT2D eigenvalue weighted by Gasteiger charge is 2.09. The second kappa shape index (κ2) is 7.08. The summed E-state index contributed by atoms with van der Waals surface area (Å²) in [5.74, 6) is 0. The minimum atomic E-state index is 0.509. The number of rotatable bonds is 3. The molecule has 0 unspecified atom stereocenters. The van der Waals surface area contributed by atoms with E-state index >= 15 is 0 Å². The van der Waals surface area contributed by atoms with E-state index in [1.54, 1.807) is 36.4 Å². The van der Waals surface area contributed by atoms with E-state index in [0.29, 0.717) is 10.0 Å². The van der Waals surface area contributed by atoms with Crippen molar-refractivity contribution >= 4 is 40.8 Å². The van der Waals surface area contributed by atoms with E-state index in [2.05, 4.69) is 15.1 Å². The SMILES string of the molecule is CN=c1scc(-c2ccc(Cl)c(Cl)c2)n1N=Cc1ccncc1. The van der Waals surface area contributed by atoms with E-state index in [4.69, 9.17) is 23.2 Å². The van der Waals surface area contributed by atoms with Crippen molar-refractivity contribution in [3.05, 3.63) is 68.5 Å². The summed E-state index contributed by atoms with van der Waals surface area (Å²) in [6.45, 7) is 0. The third-order valence-corrected chi connectivity index (χ3v) is 4.77. The van der Waals surface area contributed by atoms with Crippen LogP contribution in [0.2, 0.25) is 10.0 Å². The topological polar surface area (TPSA) is 42.5 Å². The fourth-order valence-corrected chi connectivity index (χ4v) is 3.09. The maximum Gasteiger partial charge on any atom is 0.205 e. The van der Waals surface area contributed by atoms with Crippen molar-refractivity contribution in [1.29, 1.82) is 0 Å².